The number of ether oxygens (including phenoxy) is 1. The molecule has 4 rings (SSSR count). The zero-order chi connectivity index (χ0) is 34.1. The zero-order valence-corrected chi connectivity index (χ0v) is 26.6. The fraction of sp³-hybridized carbons (Fsp3) is 0.263. The minimum atomic E-state index is -4.46. The minimum absolute atomic E-state index is 0.454. The van der Waals surface area contributed by atoms with Crippen LogP contribution in [0.4, 0.5) is 32.0 Å². The van der Waals surface area contributed by atoms with E-state index in [2.05, 4.69) is 6.58 Å². The molecule has 3 aromatic rings. The summed E-state index contributed by atoms with van der Waals surface area (Å²) in [5.74, 6) is 1.04. The molecule has 0 amide bonds. The maximum atomic E-state index is 13.4. The number of benzene rings is 3. The molecule has 2 nitrogen and oxygen atoms in total. The molecule has 0 bridgehead atoms. The largest absolute Gasteiger partial charge is 0.457 e. The van der Waals surface area contributed by atoms with Crippen molar-refractivity contribution in [1.29, 1.82) is 0 Å². The Morgan fingerprint density at radius 1 is 0.826 bits per heavy atom. The second-order valence-corrected chi connectivity index (χ2v) is 12.3. The number of likely N-dealkylation sites (N-methyl/N-ethyl adjacent to an activating group) is 1. The van der Waals surface area contributed by atoms with Crippen molar-refractivity contribution < 1.29 is 31.1 Å². The van der Waals surface area contributed by atoms with Gasteiger partial charge in [0.1, 0.15) is 11.5 Å². The van der Waals surface area contributed by atoms with Crippen LogP contribution < -0.4 is 9.64 Å². The molecule has 3 aromatic carbocycles. The number of hydrogen-bond donors (Lipinski definition) is 0. The van der Waals surface area contributed by atoms with Crippen LogP contribution >= 0.6 is 0 Å². The fourth-order valence-corrected chi connectivity index (χ4v) is 5.61. The highest BCUT2D eigenvalue weighted by Crippen LogP contribution is 2.48. The predicted octanol–water partition coefficient (Wildman–Crippen LogP) is 11.3. The molecule has 0 saturated carbocycles. The van der Waals surface area contributed by atoms with Crippen molar-refractivity contribution in [3.05, 3.63) is 155 Å². The lowest BCUT2D eigenvalue weighted by Gasteiger charge is -2.29. The van der Waals surface area contributed by atoms with Crippen molar-refractivity contribution in [2.24, 2.45) is 0 Å². The average Bonchev–Trinajstić information content (AvgIpc) is 3.16. The third-order valence-corrected chi connectivity index (χ3v) is 8.45. The molecule has 0 spiro atoms. The van der Waals surface area contributed by atoms with Crippen molar-refractivity contribution in [2.45, 2.75) is 57.8 Å². The molecular weight excluding hydrogens is 600 g/mol. The van der Waals surface area contributed by atoms with E-state index in [4.69, 9.17) is 4.74 Å². The standard InChI is InChI=1S/C38H37F6NO/c1-25-19-20-27(37(39,40)41)23-31(25)35(3,4)26(2)13-11-16-30(46-29-14-9-8-10-15-29)17-12-18-34-36(5,6)32-24-28(38(42,43)44)21-22-33(32)45(34)7/h8-24H,2H2,1,3-7H3/b13-11+,17-12+,30-16-,34-18+. The van der Waals surface area contributed by atoms with Gasteiger partial charge in [0.25, 0.3) is 0 Å². The smallest absolute Gasteiger partial charge is 0.416 e. The number of anilines is 1. The number of allylic oxidation sites excluding steroid dienone is 8. The Morgan fingerprint density at radius 2 is 1.43 bits per heavy atom. The highest BCUT2D eigenvalue weighted by molar-refractivity contribution is 5.71. The van der Waals surface area contributed by atoms with Crippen molar-refractivity contribution in [3.63, 3.8) is 0 Å². The maximum absolute atomic E-state index is 13.4. The third kappa shape index (κ3) is 7.33. The zero-order valence-electron chi connectivity index (χ0n) is 26.6. The summed E-state index contributed by atoms with van der Waals surface area (Å²) in [6, 6.07) is 16.6. The Morgan fingerprint density at radius 3 is 2.07 bits per heavy atom. The number of rotatable bonds is 8. The van der Waals surface area contributed by atoms with Gasteiger partial charge in [0, 0.05) is 29.3 Å². The number of hydrogen-bond acceptors (Lipinski definition) is 2. The van der Waals surface area contributed by atoms with Crippen LogP contribution in [0.5, 0.6) is 5.75 Å². The van der Waals surface area contributed by atoms with Crippen molar-refractivity contribution in [3.8, 4) is 5.75 Å². The summed E-state index contributed by atoms with van der Waals surface area (Å²) in [4.78, 5) is 1.88. The number of fused-ring (bicyclic) bond motifs is 1. The molecule has 0 aliphatic carbocycles. The Kier molecular flexibility index (Phi) is 9.53. The van der Waals surface area contributed by atoms with E-state index in [0.29, 0.717) is 33.9 Å². The molecule has 242 valence electrons. The van der Waals surface area contributed by atoms with E-state index in [0.717, 1.165) is 23.4 Å². The van der Waals surface area contributed by atoms with E-state index in [1.54, 1.807) is 49.4 Å². The van der Waals surface area contributed by atoms with Gasteiger partial charge in [-0.1, -0.05) is 76.8 Å². The van der Waals surface area contributed by atoms with Crippen LogP contribution in [-0.4, -0.2) is 7.05 Å². The summed E-state index contributed by atoms with van der Waals surface area (Å²) in [6.45, 7) is 13.4. The second kappa shape index (κ2) is 12.7. The van der Waals surface area contributed by atoms with Gasteiger partial charge in [-0.3, -0.25) is 0 Å². The molecule has 0 fully saturated rings. The van der Waals surface area contributed by atoms with Crippen molar-refractivity contribution in [1.82, 2.24) is 0 Å². The first-order valence-corrected chi connectivity index (χ1v) is 14.7. The Labute approximate surface area is 266 Å². The number of halogens is 6. The molecule has 0 unspecified atom stereocenters. The lowest BCUT2D eigenvalue weighted by molar-refractivity contribution is -0.138. The average molecular weight is 638 g/mol. The lowest BCUT2D eigenvalue weighted by atomic mass is 9.75. The van der Waals surface area contributed by atoms with Crippen molar-refractivity contribution in [2.75, 3.05) is 11.9 Å². The van der Waals surface area contributed by atoms with Crippen LogP contribution in [0.1, 0.15) is 55.5 Å². The van der Waals surface area contributed by atoms with Gasteiger partial charge in [-0.15, -0.1) is 0 Å². The highest BCUT2D eigenvalue weighted by Gasteiger charge is 2.41. The van der Waals surface area contributed by atoms with Gasteiger partial charge in [-0.05, 0) is 89.9 Å². The van der Waals surface area contributed by atoms with E-state index in [1.807, 2.05) is 63.9 Å². The van der Waals surface area contributed by atoms with Crippen LogP contribution in [0.25, 0.3) is 0 Å². The first-order valence-electron chi connectivity index (χ1n) is 14.7. The maximum Gasteiger partial charge on any atom is 0.416 e. The second-order valence-electron chi connectivity index (χ2n) is 12.3. The Hall–Kier alpha value is -4.46. The fourth-order valence-electron chi connectivity index (χ4n) is 5.61. The van der Waals surface area contributed by atoms with Gasteiger partial charge in [0.2, 0.25) is 0 Å². The molecule has 0 saturated heterocycles. The number of aryl methyl sites for hydroxylation is 1. The quantitative estimate of drug-likeness (QED) is 0.138. The van der Waals surface area contributed by atoms with Gasteiger partial charge in [0.15, 0.2) is 0 Å². The van der Waals surface area contributed by atoms with E-state index in [-0.39, 0.29) is 0 Å². The normalized spacial score (nSPS) is 16.5. The first-order chi connectivity index (χ1) is 21.3. The van der Waals surface area contributed by atoms with Crippen LogP contribution in [0.15, 0.2) is 127 Å². The van der Waals surface area contributed by atoms with Gasteiger partial charge in [-0.25, -0.2) is 0 Å². The predicted molar refractivity (Wildman–Crippen MR) is 173 cm³/mol. The molecule has 8 heteroatoms. The van der Waals surface area contributed by atoms with E-state index in [1.165, 1.54) is 24.3 Å². The van der Waals surface area contributed by atoms with E-state index < -0.39 is 34.3 Å². The lowest BCUT2D eigenvalue weighted by Crippen LogP contribution is -2.22. The van der Waals surface area contributed by atoms with E-state index >= 15 is 0 Å². The topological polar surface area (TPSA) is 12.5 Å². The molecule has 0 N–H and O–H groups in total. The third-order valence-electron chi connectivity index (χ3n) is 8.45. The minimum Gasteiger partial charge on any atom is -0.457 e. The summed E-state index contributed by atoms with van der Waals surface area (Å²) in [5.41, 5.74) is 1.06. The van der Waals surface area contributed by atoms with Gasteiger partial charge in [-0.2, -0.15) is 26.3 Å². The molecule has 0 aromatic heterocycles. The van der Waals surface area contributed by atoms with Crippen LogP contribution in [0.3, 0.4) is 0 Å². The molecule has 1 aliphatic heterocycles. The van der Waals surface area contributed by atoms with Crippen LogP contribution in [-0.2, 0) is 23.2 Å². The molecule has 0 atom stereocenters. The molecule has 1 aliphatic rings. The summed E-state index contributed by atoms with van der Waals surface area (Å²) in [6.07, 6.45) is 1.64. The number of para-hydroxylation sites is 1. The van der Waals surface area contributed by atoms with Gasteiger partial charge < -0.3 is 9.64 Å². The van der Waals surface area contributed by atoms with Crippen molar-refractivity contribution >= 4 is 5.69 Å². The number of alkyl halides is 6. The van der Waals surface area contributed by atoms with Crippen LogP contribution in [0, 0.1) is 6.92 Å². The first kappa shape index (κ1) is 34.4. The van der Waals surface area contributed by atoms with Gasteiger partial charge >= 0.3 is 12.4 Å². The monoisotopic (exact) mass is 637 g/mol. The summed E-state index contributed by atoms with van der Waals surface area (Å²) in [5, 5.41) is 0. The summed E-state index contributed by atoms with van der Waals surface area (Å²) < 4.78 is 86.7. The van der Waals surface area contributed by atoms with Crippen LogP contribution in [0.2, 0.25) is 0 Å². The number of nitrogens with zero attached hydrogens (tertiary/aromatic N) is 1. The summed E-state index contributed by atoms with van der Waals surface area (Å²) in [7, 11) is 1.82. The summed E-state index contributed by atoms with van der Waals surface area (Å²) >= 11 is 0. The van der Waals surface area contributed by atoms with E-state index in [9.17, 15) is 26.3 Å². The Bertz CT molecular complexity index is 1720. The SMILES string of the molecule is C=C(/C=C/C=C(/C=C/C=C1/N(C)c2ccc(C(F)(F)F)cc2C1(C)C)Oc1ccccc1)C(C)(C)c1cc(C(F)(F)F)ccc1C. The molecular formula is C38H37F6NO. The molecule has 46 heavy (non-hydrogen) atoms. The molecule has 1 heterocycles. The highest BCUT2D eigenvalue weighted by atomic mass is 19.4. The van der Waals surface area contributed by atoms with Gasteiger partial charge in [0.05, 0.1) is 11.1 Å². The Balaban J connectivity index is 1.63. The molecule has 0 radical (unpaired) electrons.